The van der Waals surface area contributed by atoms with Gasteiger partial charge in [-0.2, -0.15) is 0 Å². The fourth-order valence-corrected chi connectivity index (χ4v) is 2.73. The SMILES string of the molecule is Cc1cc(N(C)CC2CCCCO2)c(C(=O)O)c(C)n1. The van der Waals surface area contributed by atoms with E-state index in [2.05, 4.69) is 4.98 Å². The van der Waals surface area contributed by atoms with Crippen LogP contribution in [0.25, 0.3) is 0 Å². The van der Waals surface area contributed by atoms with Crippen molar-refractivity contribution in [2.45, 2.75) is 39.2 Å². The molecule has 1 aliphatic heterocycles. The third-order valence-electron chi connectivity index (χ3n) is 3.68. The lowest BCUT2D eigenvalue weighted by Gasteiger charge is -2.29. The predicted molar refractivity (Wildman–Crippen MR) is 77.5 cm³/mol. The van der Waals surface area contributed by atoms with Gasteiger partial charge in [0.05, 0.1) is 17.5 Å². The third-order valence-corrected chi connectivity index (χ3v) is 3.68. The van der Waals surface area contributed by atoms with Crippen molar-refractivity contribution in [3.63, 3.8) is 0 Å². The Hall–Kier alpha value is -1.62. The van der Waals surface area contributed by atoms with Crippen LogP contribution in [0, 0.1) is 13.8 Å². The van der Waals surface area contributed by atoms with Gasteiger partial charge in [0.2, 0.25) is 0 Å². The molecule has 0 bridgehead atoms. The molecule has 2 rings (SSSR count). The Kier molecular flexibility index (Phi) is 4.60. The van der Waals surface area contributed by atoms with Crippen LogP contribution < -0.4 is 4.90 Å². The van der Waals surface area contributed by atoms with Crippen LogP contribution in [-0.2, 0) is 4.74 Å². The maximum absolute atomic E-state index is 11.5. The molecule has 0 saturated carbocycles. The molecular weight excluding hydrogens is 256 g/mol. The first kappa shape index (κ1) is 14.8. The number of carbonyl (C=O) groups is 1. The van der Waals surface area contributed by atoms with Crippen molar-refractivity contribution in [1.29, 1.82) is 0 Å². The second-order valence-corrected chi connectivity index (χ2v) is 5.42. The number of carboxylic acids is 1. The smallest absolute Gasteiger partial charge is 0.339 e. The Morgan fingerprint density at radius 1 is 1.50 bits per heavy atom. The number of hydrogen-bond donors (Lipinski definition) is 1. The maximum atomic E-state index is 11.5. The van der Waals surface area contributed by atoms with E-state index in [1.54, 1.807) is 6.92 Å². The zero-order valence-electron chi connectivity index (χ0n) is 12.3. The highest BCUT2D eigenvalue weighted by Crippen LogP contribution is 2.24. The van der Waals surface area contributed by atoms with Gasteiger partial charge >= 0.3 is 5.97 Å². The van der Waals surface area contributed by atoms with Crippen LogP contribution in [0.15, 0.2) is 6.07 Å². The summed E-state index contributed by atoms with van der Waals surface area (Å²) in [6.45, 7) is 5.14. The minimum atomic E-state index is -0.929. The van der Waals surface area contributed by atoms with Gasteiger partial charge in [-0.25, -0.2) is 4.79 Å². The number of ether oxygens (including phenoxy) is 1. The molecule has 0 aromatic carbocycles. The molecule has 110 valence electrons. The van der Waals surface area contributed by atoms with E-state index < -0.39 is 5.97 Å². The number of aromatic nitrogens is 1. The highest BCUT2D eigenvalue weighted by atomic mass is 16.5. The van der Waals surface area contributed by atoms with Gasteiger partial charge in [-0.05, 0) is 39.2 Å². The van der Waals surface area contributed by atoms with E-state index in [0.29, 0.717) is 12.2 Å². The van der Waals surface area contributed by atoms with E-state index in [1.165, 1.54) is 6.42 Å². The van der Waals surface area contributed by atoms with Crippen LogP contribution in [0.1, 0.15) is 41.0 Å². The molecule has 5 nitrogen and oxygen atoms in total. The summed E-state index contributed by atoms with van der Waals surface area (Å²) in [6.07, 6.45) is 3.52. The van der Waals surface area contributed by atoms with Gasteiger partial charge in [0.15, 0.2) is 0 Å². The quantitative estimate of drug-likeness (QED) is 0.916. The van der Waals surface area contributed by atoms with Crippen molar-refractivity contribution in [2.75, 3.05) is 25.1 Å². The lowest BCUT2D eigenvalue weighted by atomic mass is 10.1. The Morgan fingerprint density at radius 2 is 2.25 bits per heavy atom. The average molecular weight is 278 g/mol. The number of likely N-dealkylation sites (N-methyl/N-ethyl adjacent to an activating group) is 1. The molecule has 0 aliphatic carbocycles. The van der Waals surface area contributed by atoms with Crippen molar-refractivity contribution in [3.8, 4) is 0 Å². The monoisotopic (exact) mass is 278 g/mol. The molecule has 1 aromatic heterocycles. The minimum absolute atomic E-state index is 0.184. The van der Waals surface area contributed by atoms with Gasteiger partial charge in [-0.3, -0.25) is 4.98 Å². The molecular formula is C15H22N2O3. The van der Waals surface area contributed by atoms with Crippen LogP contribution >= 0.6 is 0 Å². The fourth-order valence-electron chi connectivity index (χ4n) is 2.73. The normalized spacial score (nSPS) is 18.9. The number of anilines is 1. The molecule has 0 amide bonds. The first-order valence-electron chi connectivity index (χ1n) is 7.03. The number of nitrogens with zero attached hydrogens (tertiary/aromatic N) is 2. The molecule has 5 heteroatoms. The average Bonchev–Trinajstić information content (AvgIpc) is 2.38. The molecule has 1 aliphatic rings. The van der Waals surface area contributed by atoms with Gasteiger partial charge in [0.1, 0.15) is 5.56 Å². The maximum Gasteiger partial charge on any atom is 0.339 e. The van der Waals surface area contributed by atoms with E-state index in [9.17, 15) is 9.90 Å². The first-order chi connectivity index (χ1) is 9.49. The Balaban J connectivity index is 2.23. The number of rotatable bonds is 4. The highest BCUT2D eigenvalue weighted by molar-refractivity contribution is 5.95. The molecule has 0 spiro atoms. The van der Waals surface area contributed by atoms with E-state index in [4.69, 9.17) is 4.74 Å². The summed E-state index contributed by atoms with van der Waals surface area (Å²) in [5, 5.41) is 9.39. The predicted octanol–water partition coefficient (Wildman–Crippen LogP) is 2.40. The van der Waals surface area contributed by atoms with Crippen LogP contribution in [0.2, 0.25) is 0 Å². The molecule has 2 heterocycles. The van der Waals surface area contributed by atoms with Crippen molar-refractivity contribution < 1.29 is 14.6 Å². The van der Waals surface area contributed by atoms with E-state index in [0.717, 1.165) is 30.8 Å². The lowest BCUT2D eigenvalue weighted by Crippen LogP contribution is -2.34. The van der Waals surface area contributed by atoms with Crippen LogP contribution in [0.4, 0.5) is 5.69 Å². The van der Waals surface area contributed by atoms with E-state index >= 15 is 0 Å². The number of aryl methyl sites for hydroxylation is 2. The molecule has 20 heavy (non-hydrogen) atoms. The number of aromatic carboxylic acids is 1. The van der Waals surface area contributed by atoms with E-state index in [1.807, 2.05) is 24.9 Å². The third kappa shape index (κ3) is 3.28. The molecule has 1 unspecified atom stereocenters. The standard InChI is InChI=1S/C15H22N2O3/c1-10-8-13(14(15(18)19)11(2)16-10)17(3)9-12-6-4-5-7-20-12/h8,12H,4-7,9H2,1-3H3,(H,18,19). The summed E-state index contributed by atoms with van der Waals surface area (Å²) in [5.41, 5.74) is 2.40. The van der Waals surface area contributed by atoms with Crippen molar-refractivity contribution in [2.24, 2.45) is 0 Å². The lowest BCUT2D eigenvalue weighted by molar-refractivity contribution is 0.0215. The fraction of sp³-hybridized carbons (Fsp3) is 0.600. The molecule has 1 saturated heterocycles. The van der Waals surface area contributed by atoms with E-state index in [-0.39, 0.29) is 11.7 Å². The van der Waals surface area contributed by atoms with Crippen molar-refractivity contribution >= 4 is 11.7 Å². The summed E-state index contributed by atoms with van der Waals surface area (Å²) < 4.78 is 5.73. The zero-order valence-corrected chi connectivity index (χ0v) is 12.3. The topological polar surface area (TPSA) is 62.7 Å². The first-order valence-corrected chi connectivity index (χ1v) is 7.03. The Bertz CT molecular complexity index is 496. The largest absolute Gasteiger partial charge is 0.478 e. The van der Waals surface area contributed by atoms with Gasteiger partial charge in [0, 0.05) is 25.9 Å². The number of hydrogen-bond acceptors (Lipinski definition) is 4. The Labute approximate surface area is 119 Å². The van der Waals surface area contributed by atoms with Crippen LogP contribution in [-0.4, -0.2) is 42.4 Å². The molecule has 1 aromatic rings. The second kappa shape index (κ2) is 6.22. The minimum Gasteiger partial charge on any atom is -0.478 e. The van der Waals surface area contributed by atoms with Crippen LogP contribution in [0.5, 0.6) is 0 Å². The molecule has 1 N–H and O–H groups in total. The van der Waals surface area contributed by atoms with Crippen molar-refractivity contribution in [3.05, 3.63) is 23.0 Å². The summed E-state index contributed by atoms with van der Waals surface area (Å²) in [4.78, 5) is 17.7. The van der Waals surface area contributed by atoms with Gasteiger partial charge in [-0.1, -0.05) is 0 Å². The Morgan fingerprint density at radius 3 is 2.85 bits per heavy atom. The molecule has 1 fully saturated rings. The number of carboxylic acid groups (broad SMARTS) is 1. The van der Waals surface area contributed by atoms with Crippen LogP contribution in [0.3, 0.4) is 0 Å². The molecule has 0 radical (unpaired) electrons. The summed E-state index contributed by atoms with van der Waals surface area (Å²) in [6, 6.07) is 1.83. The highest BCUT2D eigenvalue weighted by Gasteiger charge is 2.21. The van der Waals surface area contributed by atoms with Gasteiger partial charge < -0.3 is 14.7 Å². The van der Waals surface area contributed by atoms with Crippen molar-refractivity contribution in [1.82, 2.24) is 4.98 Å². The van der Waals surface area contributed by atoms with Gasteiger partial charge in [0.25, 0.3) is 0 Å². The molecule has 1 atom stereocenters. The van der Waals surface area contributed by atoms with Gasteiger partial charge in [-0.15, -0.1) is 0 Å². The summed E-state index contributed by atoms with van der Waals surface area (Å²) >= 11 is 0. The second-order valence-electron chi connectivity index (χ2n) is 5.42. The zero-order chi connectivity index (χ0) is 14.7. The number of pyridine rings is 1. The summed E-state index contributed by atoms with van der Waals surface area (Å²) in [5.74, 6) is -0.929. The summed E-state index contributed by atoms with van der Waals surface area (Å²) in [7, 11) is 1.92.